The molecule has 4 rings (SSSR count). The number of thiophene rings is 1. The van der Waals surface area contributed by atoms with Gasteiger partial charge in [-0.1, -0.05) is 42.5 Å². The SMILES string of the molecule is COc1ccc(/C=C/C(=O)c2ccc(Cc3ccccc3)s2)cc1COc1cc(F)ccc1[N+](=O)[O-]. The predicted octanol–water partition coefficient (Wildman–Crippen LogP) is 6.87. The fraction of sp³-hybridized carbons (Fsp3) is 0.107. The Morgan fingerprint density at radius 2 is 1.83 bits per heavy atom. The molecule has 0 spiro atoms. The average Bonchev–Trinajstić information content (AvgIpc) is 3.35. The number of halogens is 1. The molecule has 0 radical (unpaired) electrons. The van der Waals surface area contributed by atoms with Crippen molar-refractivity contribution in [1.82, 2.24) is 0 Å². The molecule has 0 fully saturated rings. The van der Waals surface area contributed by atoms with Crippen LogP contribution in [0.15, 0.2) is 84.9 Å². The van der Waals surface area contributed by atoms with Gasteiger partial charge in [-0.3, -0.25) is 14.9 Å². The Kier molecular flexibility index (Phi) is 7.87. The molecule has 0 aliphatic carbocycles. The highest BCUT2D eigenvalue weighted by Crippen LogP contribution is 2.30. The number of ketones is 1. The van der Waals surface area contributed by atoms with Crippen molar-refractivity contribution >= 4 is 28.9 Å². The number of carbonyl (C=O) groups is 1. The summed E-state index contributed by atoms with van der Waals surface area (Å²) >= 11 is 1.46. The normalized spacial score (nSPS) is 10.9. The first-order chi connectivity index (χ1) is 17.4. The van der Waals surface area contributed by atoms with E-state index in [1.54, 1.807) is 24.3 Å². The molecule has 182 valence electrons. The van der Waals surface area contributed by atoms with Crippen LogP contribution < -0.4 is 9.47 Å². The fourth-order valence-electron chi connectivity index (χ4n) is 3.58. The number of nitro benzene ring substituents is 1. The molecule has 0 atom stereocenters. The van der Waals surface area contributed by atoms with Crippen LogP contribution in [-0.2, 0) is 13.0 Å². The molecule has 0 N–H and O–H groups in total. The number of nitro groups is 1. The third-order valence-electron chi connectivity index (χ3n) is 5.36. The van der Waals surface area contributed by atoms with Crippen LogP contribution in [0.2, 0.25) is 0 Å². The Labute approximate surface area is 211 Å². The van der Waals surface area contributed by atoms with E-state index in [1.807, 2.05) is 30.3 Å². The second-order valence-corrected chi connectivity index (χ2v) is 9.02. The molecule has 0 saturated carbocycles. The van der Waals surface area contributed by atoms with E-state index in [2.05, 4.69) is 12.1 Å². The Balaban J connectivity index is 1.46. The minimum Gasteiger partial charge on any atom is -0.496 e. The van der Waals surface area contributed by atoms with Gasteiger partial charge in [0, 0.05) is 29.0 Å². The summed E-state index contributed by atoms with van der Waals surface area (Å²) < 4.78 is 24.5. The number of benzene rings is 3. The lowest BCUT2D eigenvalue weighted by Gasteiger charge is -2.11. The van der Waals surface area contributed by atoms with Crippen molar-refractivity contribution in [2.24, 2.45) is 0 Å². The number of ether oxygens (including phenoxy) is 2. The number of methoxy groups -OCH3 is 1. The maximum absolute atomic E-state index is 13.6. The van der Waals surface area contributed by atoms with Crippen molar-refractivity contribution < 1.29 is 23.6 Å². The standard InChI is InChI=1S/C28H22FNO5S/c1-34-26-13-8-20(15-21(26)18-35-27-17-22(29)9-11-24(27)30(32)33)7-12-25(31)28-14-10-23(36-28)16-19-5-3-2-4-6-19/h2-15,17H,16,18H2,1H3/b12-7+. The van der Waals surface area contributed by atoms with E-state index in [0.717, 1.165) is 35.1 Å². The quantitative estimate of drug-likeness (QED) is 0.102. The van der Waals surface area contributed by atoms with E-state index in [9.17, 15) is 19.3 Å². The minimum absolute atomic E-state index is 0.0864. The molecule has 0 unspecified atom stereocenters. The summed E-state index contributed by atoms with van der Waals surface area (Å²) in [5.74, 6) is -0.426. The van der Waals surface area contributed by atoms with Crippen molar-refractivity contribution in [3.8, 4) is 11.5 Å². The molecular formula is C28H22FNO5S. The van der Waals surface area contributed by atoms with Gasteiger partial charge >= 0.3 is 5.69 Å². The van der Waals surface area contributed by atoms with Gasteiger partial charge in [0.2, 0.25) is 0 Å². The molecule has 36 heavy (non-hydrogen) atoms. The average molecular weight is 504 g/mol. The number of hydrogen-bond acceptors (Lipinski definition) is 6. The molecule has 1 aromatic heterocycles. The summed E-state index contributed by atoms with van der Waals surface area (Å²) in [5, 5.41) is 11.2. The first kappa shape index (κ1) is 24.8. The molecule has 0 aliphatic rings. The highest BCUT2D eigenvalue weighted by molar-refractivity contribution is 7.14. The first-order valence-corrected chi connectivity index (χ1v) is 11.8. The van der Waals surface area contributed by atoms with Crippen molar-refractivity contribution in [2.75, 3.05) is 7.11 Å². The van der Waals surface area contributed by atoms with E-state index < -0.39 is 10.7 Å². The van der Waals surface area contributed by atoms with Gasteiger partial charge in [0.15, 0.2) is 11.5 Å². The molecule has 3 aromatic carbocycles. The van der Waals surface area contributed by atoms with Gasteiger partial charge in [-0.15, -0.1) is 11.3 Å². The Bertz CT molecular complexity index is 1410. The lowest BCUT2D eigenvalue weighted by Crippen LogP contribution is -2.02. The number of allylic oxidation sites excluding steroid dienone is 1. The number of rotatable bonds is 10. The largest absolute Gasteiger partial charge is 0.496 e. The number of nitrogens with zero attached hydrogens (tertiary/aromatic N) is 1. The summed E-state index contributed by atoms with van der Waals surface area (Å²) in [6.45, 7) is -0.0864. The highest BCUT2D eigenvalue weighted by atomic mass is 32.1. The molecule has 0 amide bonds. The summed E-state index contributed by atoms with van der Waals surface area (Å²) in [6, 6.07) is 22.1. The molecule has 6 nitrogen and oxygen atoms in total. The van der Waals surface area contributed by atoms with Crippen LogP contribution >= 0.6 is 11.3 Å². The zero-order valence-electron chi connectivity index (χ0n) is 19.3. The third kappa shape index (κ3) is 6.22. The van der Waals surface area contributed by atoms with Gasteiger partial charge in [-0.2, -0.15) is 0 Å². The third-order valence-corrected chi connectivity index (χ3v) is 6.46. The van der Waals surface area contributed by atoms with Gasteiger partial charge < -0.3 is 9.47 Å². The Morgan fingerprint density at radius 1 is 1.03 bits per heavy atom. The van der Waals surface area contributed by atoms with Gasteiger partial charge in [0.05, 0.1) is 16.9 Å². The molecular weight excluding hydrogens is 481 g/mol. The first-order valence-electron chi connectivity index (χ1n) is 11.0. The summed E-state index contributed by atoms with van der Waals surface area (Å²) in [5.41, 5.74) is 2.16. The van der Waals surface area contributed by atoms with Crippen molar-refractivity contribution in [3.63, 3.8) is 0 Å². The van der Waals surface area contributed by atoms with Crippen LogP contribution in [0.5, 0.6) is 11.5 Å². The summed E-state index contributed by atoms with van der Waals surface area (Å²) in [4.78, 5) is 25.0. The predicted molar refractivity (Wildman–Crippen MR) is 137 cm³/mol. The molecule has 1 heterocycles. The van der Waals surface area contributed by atoms with Gasteiger partial charge in [0.25, 0.3) is 0 Å². The fourth-order valence-corrected chi connectivity index (χ4v) is 4.54. The van der Waals surface area contributed by atoms with Crippen LogP contribution in [0.4, 0.5) is 10.1 Å². The van der Waals surface area contributed by atoms with Crippen LogP contribution in [0.25, 0.3) is 6.08 Å². The minimum atomic E-state index is -0.640. The molecule has 0 saturated heterocycles. The zero-order valence-corrected chi connectivity index (χ0v) is 20.2. The summed E-state index contributed by atoms with van der Waals surface area (Å²) in [7, 11) is 1.49. The van der Waals surface area contributed by atoms with Crippen molar-refractivity contribution in [1.29, 1.82) is 0 Å². The van der Waals surface area contributed by atoms with Crippen molar-refractivity contribution in [3.05, 3.63) is 127 Å². The van der Waals surface area contributed by atoms with Gasteiger partial charge in [-0.05, 0) is 47.5 Å². The number of carbonyl (C=O) groups excluding carboxylic acids is 1. The maximum Gasteiger partial charge on any atom is 0.311 e. The van der Waals surface area contributed by atoms with E-state index in [0.29, 0.717) is 16.2 Å². The zero-order chi connectivity index (χ0) is 25.5. The van der Waals surface area contributed by atoms with Crippen LogP contribution in [-0.4, -0.2) is 17.8 Å². The number of hydrogen-bond donors (Lipinski definition) is 0. The highest BCUT2D eigenvalue weighted by Gasteiger charge is 2.17. The lowest BCUT2D eigenvalue weighted by molar-refractivity contribution is -0.386. The van der Waals surface area contributed by atoms with Crippen LogP contribution in [0.1, 0.15) is 31.2 Å². The van der Waals surface area contributed by atoms with Crippen molar-refractivity contribution in [2.45, 2.75) is 13.0 Å². The van der Waals surface area contributed by atoms with E-state index in [1.165, 1.54) is 30.1 Å². The topological polar surface area (TPSA) is 78.7 Å². The Hall–Kier alpha value is -4.30. The van der Waals surface area contributed by atoms with E-state index in [4.69, 9.17) is 9.47 Å². The van der Waals surface area contributed by atoms with Gasteiger partial charge in [-0.25, -0.2) is 4.39 Å². The van der Waals surface area contributed by atoms with E-state index >= 15 is 0 Å². The molecule has 4 aromatic rings. The van der Waals surface area contributed by atoms with Gasteiger partial charge in [0.1, 0.15) is 18.2 Å². The molecule has 0 bridgehead atoms. The monoisotopic (exact) mass is 503 g/mol. The lowest BCUT2D eigenvalue weighted by atomic mass is 10.1. The molecule has 8 heteroatoms. The smallest absolute Gasteiger partial charge is 0.311 e. The maximum atomic E-state index is 13.6. The summed E-state index contributed by atoms with van der Waals surface area (Å²) in [6.07, 6.45) is 3.96. The van der Waals surface area contributed by atoms with E-state index in [-0.39, 0.29) is 23.8 Å². The molecule has 0 aliphatic heterocycles. The second-order valence-electron chi connectivity index (χ2n) is 7.86. The van der Waals surface area contributed by atoms with Crippen LogP contribution in [0, 0.1) is 15.9 Å². The second kappa shape index (κ2) is 11.4. The Morgan fingerprint density at radius 3 is 2.58 bits per heavy atom. The van der Waals surface area contributed by atoms with Crippen LogP contribution in [0.3, 0.4) is 0 Å².